The average molecular weight is 461 g/mol. The Kier molecular flexibility index (Phi) is 6.01. The van der Waals surface area contributed by atoms with Crippen molar-refractivity contribution < 1.29 is 27.9 Å². The zero-order valence-corrected chi connectivity index (χ0v) is 18.0. The summed E-state index contributed by atoms with van der Waals surface area (Å²) in [4.78, 5) is 28.8. The maximum Gasteiger partial charge on any atom is 0.303 e. The summed E-state index contributed by atoms with van der Waals surface area (Å²) >= 11 is 1.25. The number of ether oxygens (including phenoxy) is 1. The van der Waals surface area contributed by atoms with Crippen LogP contribution in [-0.2, 0) is 19.4 Å². The van der Waals surface area contributed by atoms with Crippen molar-refractivity contribution >= 4 is 44.3 Å². The number of aliphatic imine (C=N–C) groups is 1. The third kappa shape index (κ3) is 5.08. The average Bonchev–Trinajstić information content (AvgIpc) is 3.18. The first-order valence-corrected chi connectivity index (χ1v) is 12.3. The largest absolute Gasteiger partial charge is 0.481 e. The molecule has 2 aromatic carbocycles. The fraction of sp³-hybridized carbons (Fsp3) is 0.286. The number of para-hydroxylation sites is 1. The molecule has 2 fully saturated rings. The van der Waals surface area contributed by atoms with E-state index in [1.54, 1.807) is 29.2 Å². The Hall–Kier alpha value is -2.85. The molecule has 0 bridgehead atoms. The van der Waals surface area contributed by atoms with Crippen LogP contribution in [0.5, 0.6) is 11.5 Å². The van der Waals surface area contributed by atoms with Crippen LogP contribution in [0.4, 0.5) is 5.69 Å². The lowest BCUT2D eigenvalue weighted by molar-refractivity contribution is -0.138. The third-order valence-corrected chi connectivity index (χ3v) is 8.14. The molecule has 0 spiro atoms. The number of carboxylic acids is 1. The Morgan fingerprint density at radius 1 is 1.03 bits per heavy atom. The number of amidine groups is 1. The van der Waals surface area contributed by atoms with Crippen LogP contribution in [0, 0.1) is 0 Å². The van der Waals surface area contributed by atoms with Crippen molar-refractivity contribution in [3.05, 3.63) is 54.6 Å². The number of fused-ring (bicyclic) bond motifs is 1. The van der Waals surface area contributed by atoms with Gasteiger partial charge in [0, 0.05) is 17.4 Å². The fourth-order valence-electron chi connectivity index (χ4n) is 3.54. The number of nitrogens with zero attached hydrogens (tertiary/aromatic N) is 2. The number of benzene rings is 2. The number of rotatable bonds is 6. The number of amides is 1. The Labute approximate surface area is 183 Å². The predicted octanol–water partition coefficient (Wildman–Crippen LogP) is 2.95. The second-order valence-electron chi connectivity index (χ2n) is 7.26. The summed E-state index contributed by atoms with van der Waals surface area (Å²) < 4.78 is 30.1. The molecular weight excluding hydrogens is 440 g/mol. The molecule has 31 heavy (non-hydrogen) atoms. The topological polar surface area (TPSA) is 113 Å². The van der Waals surface area contributed by atoms with E-state index in [1.165, 1.54) is 11.8 Å². The molecule has 1 N–H and O–H groups in total. The molecule has 0 aliphatic carbocycles. The van der Waals surface area contributed by atoms with Gasteiger partial charge < -0.3 is 14.7 Å². The lowest BCUT2D eigenvalue weighted by Crippen LogP contribution is -2.37. The van der Waals surface area contributed by atoms with E-state index in [0.717, 1.165) is 0 Å². The van der Waals surface area contributed by atoms with E-state index in [2.05, 4.69) is 4.99 Å². The van der Waals surface area contributed by atoms with E-state index in [0.29, 0.717) is 22.4 Å². The molecule has 2 saturated heterocycles. The number of carbonyl (C=O) groups is 2. The highest BCUT2D eigenvalue weighted by molar-refractivity contribution is 8.16. The molecule has 0 unspecified atom stereocenters. The van der Waals surface area contributed by atoms with Gasteiger partial charge in [-0.1, -0.05) is 30.0 Å². The van der Waals surface area contributed by atoms with Gasteiger partial charge in [-0.2, -0.15) is 4.99 Å². The molecule has 1 amide bonds. The lowest BCUT2D eigenvalue weighted by Gasteiger charge is -2.24. The van der Waals surface area contributed by atoms with E-state index in [4.69, 9.17) is 9.84 Å². The molecule has 2 atom stereocenters. The maximum absolute atomic E-state index is 12.2. The molecule has 4 rings (SSSR count). The van der Waals surface area contributed by atoms with E-state index < -0.39 is 21.7 Å². The summed E-state index contributed by atoms with van der Waals surface area (Å²) in [7, 11) is -3.17. The number of hydrogen-bond acceptors (Lipinski definition) is 6. The monoisotopic (exact) mass is 460 g/mol. The first kappa shape index (κ1) is 21.4. The van der Waals surface area contributed by atoms with Crippen molar-refractivity contribution in [2.75, 3.05) is 16.4 Å². The van der Waals surface area contributed by atoms with Gasteiger partial charge in [-0.15, -0.1) is 0 Å². The smallest absolute Gasteiger partial charge is 0.303 e. The molecule has 0 saturated carbocycles. The van der Waals surface area contributed by atoms with E-state index in [-0.39, 0.29) is 35.6 Å². The minimum atomic E-state index is -3.17. The van der Waals surface area contributed by atoms with Crippen molar-refractivity contribution in [3.8, 4) is 11.5 Å². The van der Waals surface area contributed by atoms with Crippen molar-refractivity contribution in [1.82, 2.24) is 0 Å². The minimum Gasteiger partial charge on any atom is -0.481 e. The van der Waals surface area contributed by atoms with Crippen molar-refractivity contribution in [2.45, 2.75) is 24.1 Å². The summed E-state index contributed by atoms with van der Waals surface area (Å²) in [6.45, 7) is 0. The molecule has 162 valence electrons. The summed E-state index contributed by atoms with van der Waals surface area (Å²) in [6.07, 6.45) is -0.502. The van der Waals surface area contributed by atoms with Gasteiger partial charge in [0.25, 0.3) is 0 Å². The zero-order chi connectivity index (χ0) is 22.0. The van der Waals surface area contributed by atoms with Gasteiger partial charge in [-0.05, 0) is 36.4 Å². The van der Waals surface area contributed by atoms with Gasteiger partial charge in [0.05, 0.1) is 24.0 Å². The standard InChI is InChI=1S/C21H20N2O6S2/c24-19(10-11-20(25)26)22-21-23(17-12-31(27,28)13-18(17)30-21)14-6-8-16(9-7-14)29-15-4-2-1-3-5-15/h1-9,17-18H,10-13H2,(H,25,26)/t17-,18+/m0/s1. The van der Waals surface area contributed by atoms with Crippen LogP contribution < -0.4 is 9.64 Å². The second-order valence-corrected chi connectivity index (χ2v) is 10.6. The van der Waals surface area contributed by atoms with Gasteiger partial charge in [0.2, 0.25) is 5.91 Å². The van der Waals surface area contributed by atoms with Crippen LogP contribution in [0.2, 0.25) is 0 Å². The summed E-state index contributed by atoms with van der Waals surface area (Å²) in [5.74, 6) is -0.289. The molecule has 8 nitrogen and oxygen atoms in total. The van der Waals surface area contributed by atoms with E-state index in [1.807, 2.05) is 30.3 Å². The van der Waals surface area contributed by atoms with Crippen LogP contribution in [-0.4, -0.2) is 53.4 Å². The van der Waals surface area contributed by atoms with Crippen LogP contribution in [0.15, 0.2) is 59.6 Å². The number of anilines is 1. The fourth-order valence-corrected chi connectivity index (χ4v) is 7.47. The van der Waals surface area contributed by atoms with Crippen LogP contribution in [0.3, 0.4) is 0 Å². The Morgan fingerprint density at radius 3 is 2.39 bits per heavy atom. The number of sulfone groups is 1. The molecule has 2 heterocycles. The molecule has 10 heteroatoms. The third-order valence-electron chi connectivity index (χ3n) is 4.93. The van der Waals surface area contributed by atoms with Crippen molar-refractivity contribution in [2.24, 2.45) is 4.99 Å². The van der Waals surface area contributed by atoms with E-state index in [9.17, 15) is 18.0 Å². The quantitative estimate of drug-likeness (QED) is 0.700. The highest BCUT2D eigenvalue weighted by Crippen LogP contribution is 2.41. The summed E-state index contributed by atoms with van der Waals surface area (Å²) in [5.41, 5.74) is 0.697. The van der Waals surface area contributed by atoms with Crippen LogP contribution >= 0.6 is 11.8 Å². The lowest BCUT2D eigenvalue weighted by atomic mass is 10.2. The SMILES string of the molecule is O=C(O)CCC(=O)N=C1S[C@@H]2CS(=O)(=O)C[C@@H]2N1c1ccc(Oc2ccccc2)cc1. The highest BCUT2D eigenvalue weighted by Gasteiger charge is 2.49. The highest BCUT2D eigenvalue weighted by atomic mass is 32.2. The van der Waals surface area contributed by atoms with Crippen LogP contribution in [0.1, 0.15) is 12.8 Å². The molecular formula is C21H20N2O6S2. The van der Waals surface area contributed by atoms with Crippen molar-refractivity contribution in [1.29, 1.82) is 0 Å². The predicted molar refractivity (Wildman–Crippen MR) is 119 cm³/mol. The Morgan fingerprint density at radius 2 is 1.71 bits per heavy atom. The summed E-state index contributed by atoms with van der Waals surface area (Å²) in [5, 5.41) is 8.95. The van der Waals surface area contributed by atoms with Gasteiger partial charge in [-0.25, -0.2) is 8.42 Å². The molecule has 2 aromatic rings. The molecule has 0 radical (unpaired) electrons. The number of carbonyl (C=O) groups excluding carboxylic acids is 1. The van der Waals surface area contributed by atoms with Gasteiger partial charge in [0.1, 0.15) is 11.5 Å². The maximum atomic E-state index is 12.2. The zero-order valence-electron chi connectivity index (χ0n) is 16.4. The molecule has 0 aromatic heterocycles. The van der Waals surface area contributed by atoms with E-state index >= 15 is 0 Å². The van der Waals surface area contributed by atoms with Crippen molar-refractivity contribution in [3.63, 3.8) is 0 Å². The Balaban J connectivity index is 1.58. The molecule has 2 aliphatic rings. The first-order chi connectivity index (χ1) is 14.8. The van der Waals surface area contributed by atoms with Gasteiger partial charge >= 0.3 is 5.97 Å². The summed E-state index contributed by atoms with van der Waals surface area (Å²) in [6, 6.07) is 16.1. The number of carboxylic acid groups (broad SMARTS) is 1. The van der Waals surface area contributed by atoms with Crippen LogP contribution in [0.25, 0.3) is 0 Å². The number of thioether (sulfide) groups is 1. The first-order valence-electron chi connectivity index (χ1n) is 9.63. The minimum absolute atomic E-state index is 0.0186. The molecule has 2 aliphatic heterocycles. The number of aliphatic carboxylic acids is 1. The van der Waals surface area contributed by atoms with Gasteiger partial charge in [0.15, 0.2) is 15.0 Å². The Bertz CT molecular complexity index is 1120. The second kappa shape index (κ2) is 8.72. The number of hydrogen-bond donors (Lipinski definition) is 1. The van der Waals surface area contributed by atoms with Gasteiger partial charge in [-0.3, -0.25) is 9.59 Å². The normalized spacial score (nSPS) is 23.0.